The van der Waals surface area contributed by atoms with Crippen LogP contribution in [0.1, 0.15) is 24.3 Å². The molecule has 2 saturated carbocycles. The van der Waals surface area contributed by atoms with Gasteiger partial charge in [0.15, 0.2) is 17.5 Å². The Hall–Kier alpha value is -2.30. The molecule has 5 heteroatoms. The molecule has 124 valence electrons. The maximum atomic E-state index is 13.3. The number of carbonyl (C=O) groups is 1. The predicted molar refractivity (Wildman–Crippen MR) is 81.8 cm³/mol. The van der Waals surface area contributed by atoms with Crippen molar-refractivity contribution in [3.8, 4) is 11.1 Å². The summed E-state index contributed by atoms with van der Waals surface area (Å²) < 4.78 is 39.7. The van der Waals surface area contributed by atoms with E-state index in [0.29, 0.717) is 11.5 Å². The summed E-state index contributed by atoms with van der Waals surface area (Å²) in [7, 11) is 0. The van der Waals surface area contributed by atoms with Gasteiger partial charge in [0, 0.05) is 0 Å². The van der Waals surface area contributed by atoms with Gasteiger partial charge in [-0.15, -0.1) is 0 Å². The van der Waals surface area contributed by atoms with Crippen molar-refractivity contribution in [1.29, 1.82) is 0 Å². The van der Waals surface area contributed by atoms with Gasteiger partial charge in [-0.25, -0.2) is 13.2 Å². The molecule has 0 aliphatic heterocycles. The maximum Gasteiger partial charge on any atom is 0.307 e. The Bertz CT molecular complexity index is 781. The first-order valence-electron chi connectivity index (χ1n) is 7.93. The zero-order valence-electron chi connectivity index (χ0n) is 12.7. The smallest absolute Gasteiger partial charge is 0.307 e. The standard InChI is InChI=1S/C19H15F3O2/c20-15-7-12(8-16(21)18(15)22)10-3-1-9(2-4-10)11-5-13-14(6-11)17(13)19(23)24/h1-4,7-8,11,13-14,17H,5-6H2,(H,23,24)/t11?,13-,14+,17?. The van der Waals surface area contributed by atoms with E-state index in [1.54, 1.807) is 12.1 Å². The van der Waals surface area contributed by atoms with Crippen LogP contribution >= 0.6 is 0 Å². The van der Waals surface area contributed by atoms with Gasteiger partial charge in [-0.05, 0) is 59.4 Å². The normalized spacial score (nSPS) is 27.8. The van der Waals surface area contributed by atoms with Gasteiger partial charge in [0.05, 0.1) is 5.92 Å². The fraction of sp³-hybridized carbons (Fsp3) is 0.316. The number of carboxylic acids is 1. The number of hydrogen-bond donors (Lipinski definition) is 1. The summed E-state index contributed by atoms with van der Waals surface area (Å²) in [6.07, 6.45) is 1.75. The van der Waals surface area contributed by atoms with Crippen LogP contribution in [0.25, 0.3) is 11.1 Å². The van der Waals surface area contributed by atoms with Crippen molar-refractivity contribution in [2.45, 2.75) is 18.8 Å². The van der Waals surface area contributed by atoms with E-state index >= 15 is 0 Å². The van der Waals surface area contributed by atoms with Gasteiger partial charge in [0.2, 0.25) is 0 Å². The van der Waals surface area contributed by atoms with Gasteiger partial charge < -0.3 is 5.11 Å². The minimum Gasteiger partial charge on any atom is -0.481 e. The first kappa shape index (κ1) is 15.2. The third kappa shape index (κ3) is 2.39. The number of fused-ring (bicyclic) bond motifs is 1. The molecule has 4 atom stereocenters. The monoisotopic (exact) mass is 332 g/mol. The average molecular weight is 332 g/mol. The van der Waals surface area contributed by atoms with Crippen LogP contribution in [0, 0.1) is 35.2 Å². The molecule has 4 rings (SSSR count). The molecular weight excluding hydrogens is 317 g/mol. The second-order valence-corrected chi connectivity index (χ2v) is 6.74. The lowest BCUT2D eigenvalue weighted by atomic mass is 9.91. The Morgan fingerprint density at radius 2 is 1.46 bits per heavy atom. The number of aliphatic carboxylic acids is 1. The van der Waals surface area contributed by atoms with E-state index in [1.165, 1.54) is 0 Å². The summed E-state index contributed by atoms with van der Waals surface area (Å²) >= 11 is 0. The summed E-state index contributed by atoms with van der Waals surface area (Å²) in [5.74, 6) is -3.83. The molecule has 1 N–H and O–H groups in total. The number of rotatable bonds is 3. The zero-order chi connectivity index (χ0) is 17.0. The molecule has 2 aliphatic rings. The van der Waals surface area contributed by atoms with E-state index in [9.17, 15) is 18.0 Å². The first-order valence-corrected chi connectivity index (χ1v) is 7.93. The molecule has 0 aromatic heterocycles. The third-order valence-corrected chi connectivity index (χ3v) is 5.43. The largest absolute Gasteiger partial charge is 0.481 e. The zero-order valence-corrected chi connectivity index (χ0v) is 12.7. The molecule has 0 bridgehead atoms. The molecule has 2 aromatic carbocycles. The van der Waals surface area contributed by atoms with Crippen LogP contribution in [0.5, 0.6) is 0 Å². The van der Waals surface area contributed by atoms with E-state index in [4.69, 9.17) is 5.11 Å². The second-order valence-electron chi connectivity index (χ2n) is 6.74. The molecule has 0 saturated heterocycles. The quantitative estimate of drug-likeness (QED) is 0.835. The minimum absolute atomic E-state index is 0.175. The fourth-order valence-electron chi connectivity index (χ4n) is 4.15. The highest BCUT2D eigenvalue weighted by atomic mass is 19.2. The van der Waals surface area contributed by atoms with Crippen molar-refractivity contribution in [2.24, 2.45) is 17.8 Å². The second kappa shape index (κ2) is 5.36. The Balaban J connectivity index is 1.51. The summed E-state index contributed by atoms with van der Waals surface area (Å²) in [6.45, 7) is 0. The highest BCUT2D eigenvalue weighted by Crippen LogP contribution is 2.62. The molecule has 0 radical (unpaired) electrons. The van der Waals surface area contributed by atoms with E-state index in [2.05, 4.69) is 0 Å². The minimum atomic E-state index is -1.46. The fourth-order valence-corrected chi connectivity index (χ4v) is 4.15. The molecule has 2 aliphatic carbocycles. The SMILES string of the molecule is O=C(O)C1[C@H]2CC(c3ccc(-c4cc(F)c(F)c(F)c4)cc3)C[C@@H]12. The third-order valence-electron chi connectivity index (χ3n) is 5.43. The van der Waals surface area contributed by atoms with Crippen LogP contribution in [-0.4, -0.2) is 11.1 Å². The topological polar surface area (TPSA) is 37.3 Å². The number of hydrogen-bond acceptors (Lipinski definition) is 1. The van der Waals surface area contributed by atoms with Crippen LogP contribution < -0.4 is 0 Å². The van der Waals surface area contributed by atoms with Gasteiger partial charge in [0.25, 0.3) is 0 Å². The van der Waals surface area contributed by atoms with Gasteiger partial charge in [-0.2, -0.15) is 0 Å². The highest BCUT2D eigenvalue weighted by Gasteiger charge is 2.59. The van der Waals surface area contributed by atoms with Gasteiger partial charge in [-0.3, -0.25) is 4.79 Å². The molecule has 2 fully saturated rings. The molecular formula is C19H15F3O2. The molecule has 0 spiro atoms. The lowest BCUT2D eigenvalue weighted by molar-refractivity contribution is -0.139. The molecule has 0 heterocycles. The Labute approximate surface area is 136 Å². The van der Waals surface area contributed by atoms with E-state index in [1.807, 2.05) is 12.1 Å². The van der Waals surface area contributed by atoms with Crippen molar-refractivity contribution >= 4 is 5.97 Å². The summed E-state index contributed by atoms with van der Waals surface area (Å²) in [4.78, 5) is 11.0. The Kier molecular flexibility index (Phi) is 3.41. The van der Waals surface area contributed by atoms with Gasteiger partial charge in [-0.1, -0.05) is 24.3 Å². The number of carboxylic acid groups (broad SMARTS) is 1. The van der Waals surface area contributed by atoms with Crippen molar-refractivity contribution in [3.63, 3.8) is 0 Å². The lowest BCUT2D eigenvalue weighted by Crippen LogP contribution is -2.07. The maximum absolute atomic E-state index is 13.3. The van der Waals surface area contributed by atoms with Crippen molar-refractivity contribution in [1.82, 2.24) is 0 Å². The molecule has 2 aromatic rings. The molecule has 2 unspecified atom stereocenters. The van der Waals surface area contributed by atoms with Crippen LogP contribution in [0.3, 0.4) is 0 Å². The van der Waals surface area contributed by atoms with E-state index in [0.717, 1.165) is 30.5 Å². The Morgan fingerprint density at radius 3 is 1.96 bits per heavy atom. The first-order chi connectivity index (χ1) is 11.5. The van der Waals surface area contributed by atoms with Crippen molar-refractivity contribution in [3.05, 3.63) is 59.4 Å². The molecule has 0 amide bonds. The van der Waals surface area contributed by atoms with Gasteiger partial charge in [0.1, 0.15) is 0 Å². The average Bonchev–Trinajstić information content (AvgIpc) is 3.08. The predicted octanol–water partition coefficient (Wildman–Crippen LogP) is 4.60. The summed E-state index contributed by atoms with van der Waals surface area (Å²) in [5, 5.41) is 9.05. The summed E-state index contributed by atoms with van der Waals surface area (Å²) in [5.41, 5.74) is 2.01. The molecule has 2 nitrogen and oxygen atoms in total. The number of benzene rings is 2. The summed E-state index contributed by atoms with van der Waals surface area (Å²) in [6, 6.07) is 9.30. The number of halogens is 3. The van der Waals surface area contributed by atoms with Crippen LogP contribution in [0.2, 0.25) is 0 Å². The van der Waals surface area contributed by atoms with Crippen molar-refractivity contribution < 1.29 is 23.1 Å². The lowest BCUT2D eigenvalue weighted by Gasteiger charge is -2.14. The van der Waals surface area contributed by atoms with Crippen LogP contribution in [0.15, 0.2) is 36.4 Å². The van der Waals surface area contributed by atoms with E-state index < -0.39 is 23.4 Å². The highest BCUT2D eigenvalue weighted by molar-refractivity contribution is 5.74. The van der Waals surface area contributed by atoms with E-state index in [-0.39, 0.29) is 23.3 Å². The van der Waals surface area contributed by atoms with Crippen LogP contribution in [-0.2, 0) is 4.79 Å². The molecule has 24 heavy (non-hydrogen) atoms. The van der Waals surface area contributed by atoms with Crippen LogP contribution in [0.4, 0.5) is 13.2 Å². The van der Waals surface area contributed by atoms with Gasteiger partial charge >= 0.3 is 5.97 Å². The van der Waals surface area contributed by atoms with Crippen molar-refractivity contribution in [2.75, 3.05) is 0 Å². The Morgan fingerprint density at radius 1 is 0.917 bits per heavy atom.